The SMILES string of the molecule is CC1(N)CCCCC1C(=O)NCCc1ccc2c(c1)OCCO2. The number of fused-ring (bicyclic) bond motifs is 1. The summed E-state index contributed by atoms with van der Waals surface area (Å²) in [5.74, 6) is 1.61. The lowest BCUT2D eigenvalue weighted by atomic mass is 9.74. The highest BCUT2D eigenvalue weighted by atomic mass is 16.6. The largest absolute Gasteiger partial charge is 0.486 e. The number of nitrogens with two attached hydrogens (primary N) is 1. The molecule has 5 heteroatoms. The highest BCUT2D eigenvalue weighted by Gasteiger charge is 2.37. The van der Waals surface area contributed by atoms with Crippen molar-refractivity contribution < 1.29 is 14.3 Å². The van der Waals surface area contributed by atoms with Gasteiger partial charge in [0.2, 0.25) is 5.91 Å². The number of carbonyl (C=O) groups is 1. The van der Waals surface area contributed by atoms with Crippen LogP contribution in [0.1, 0.15) is 38.2 Å². The lowest BCUT2D eigenvalue weighted by Gasteiger charge is -2.37. The Balaban J connectivity index is 1.52. The van der Waals surface area contributed by atoms with Gasteiger partial charge in [-0.1, -0.05) is 18.9 Å². The molecule has 1 amide bonds. The van der Waals surface area contributed by atoms with Gasteiger partial charge in [-0.2, -0.15) is 0 Å². The number of carbonyl (C=O) groups excluding carboxylic acids is 1. The van der Waals surface area contributed by atoms with Gasteiger partial charge >= 0.3 is 0 Å². The maximum atomic E-state index is 12.4. The zero-order valence-corrected chi connectivity index (χ0v) is 13.8. The highest BCUT2D eigenvalue weighted by molar-refractivity contribution is 5.80. The van der Waals surface area contributed by atoms with Crippen LogP contribution in [0, 0.1) is 5.92 Å². The van der Waals surface area contributed by atoms with Crippen LogP contribution in [-0.4, -0.2) is 31.2 Å². The van der Waals surface area contributed by atoms with Crippen LogP contribution in [0.5, 0.6) is 11.5 Å². The molecule has 1 heterocycles. The Labute approximate surface area is 137 Å². The normalized spacial score (nSPS) is 26.6. The molecule has 0 bridgehead atoms. The van der Waals surface area contributed by atoms with Gasteiger partial charge in [0.1, 0.15) is 13.2 Å². The standard InChI is InChI=1S/C18H26N2O3/c1-18(19)8-3-2-4-14(18)17(21)20-9-7-13-5-6-15-16(12-13)23-11-10-22-15/h5-6,12,14H,2-4,7-11,19H2,1H3,(H,20,21). The molecule has 2 atom stereocenters. The third kappa shape index (κ3) is 3.78. The van der Waals surface area contributed by atoms with Gasteiger partial charge in [0.05, 0.1) is 5.92 Å². The third-order valence-electron chi connectivity index (χ3n) is 4.89. The minimum absolute atomic E-state index is 0.0727. The van der Waals surface area contributed by atoms with Gasteiger partial charge < -0.3 is 20.5 Å². The Kier molecular flexibility index (Phi) is 4.76. The monoisotopic (exact) mass is 318 g/mol. The Morgan fingerprint density at radius 2 is 2.09 bits per heavy atom. The van der Waals surface area contributed by atoms with Crippen LogP contribution in [0.15, 0.2) is 18.2 Å². The fourth-order valence-electron chi connectivity index (χ4n) is 3.49. The molecule has 2 unspecified atom stereocenters. The first-order chi connectivity index (χ1) is 11.1. The third-order valence-corrected chi connectivity index (χ3v) is 4.89. The first-order valence-corrected chi connectivity index (χ1v) is 8.51. The minimum atomic E-state index is -0.376. The predicted octanol–water partition coefficient (Wildman–Crippen LogP) is 2.02. The summed E-state index contributed by atoms with van der Waals surface area (Å²) in [5.41, 5.74) is 7.05. The minimum Gasteiger partial charge on any atom is -0.486 e. The lowest BCUT2D eigenvalue weighted by molar-refractivity contribution is -0.128. The van der Waals surface area contributed by atoms with E-state index < -0.39 is 0 Å². The van der Waals surface area contributed by atoms with Crippen LogP contribution in [0.25, 0.3) is 0 Å². The Bertz CT molecular complexity index is 571. The topological polar surface area (TPSA) is 73.6 Å². The van der Waals surface area contributed by atoms with Gasteiger partial charge in [0, 0.05) is 12.1 Å². The van der Waals surface area contributed by atoms with Crippen molar-refractivity contribution in [3.05, 3.63) is 23.8 Å². The van der Waals surface area contributed by atoms with Crippen molar-refractivity contribution >= 4 is 5.91 Å². The van der Waals surface area contributed by atoms with E-state index in [9.17, 15) is 4.79 Å². The second-order valence-corrected chi connectivity index (χ2v) is 6.82. The molecule has 126 valence electrons. The van der Waals surface area contributed by atoms with E-state index in [-0.39, 0.29) is 17.4 Å². The van der Waals surface area contributed by atoms with Crippen LogP contribution in [-0.2, 0) is 11.2 Å². The average Bonchev–Trinajstić information content (AvgIpc) is 2.54. The highest BCUT2D eigenvalue weighted by Crippen LogP contribution is 2.32. The van der Waals surface area contributed by atoms with E-state index in [1.807, 2.05) is 25.1 Å². The molecule has 3 rings (SSSR count). The van der Waals surface area contributed by atoms with Crippen molar-refractivity contribution in [1.82, 2.24) is 5.32 Å². The molecule has 5 nitrogen and oxygen atoms in total. The summed E-state index contributed by atoms with van der Waals surface area (Å²) < 4.78 is 11.1. The summed E-state index contributed by atoms with van der Waals surface area (Å²) in [6, 6.07) is 5.95. The smallest absolute Gasteiger partial charge is 0.224 e. The van der Waals surface area contributed by atoms with Crippen molar-refractivity contribution in [2.75, 3.05) is 19.8 Å². The van der Waals surface area contributed by atoms with Crippen LogP contribution in [0.2, 0.25) is 0 Å². The maximum absolute atomic E-state index is 12.4. The van der Waals surface area contributed by atoms with Gasteiger partial charge in [-0.3, -0.25) is 4.79 Å². The molecule has 2 aliphatic rings. The number of hydrogen-bond donors (Lipinski definition) is 2. The van der Waals surface area contributed by atoms with E-state index in [0.29, 0.717) is 19.8 Å². The fraction of sp³-hybridized carbons (Fsp3) is 0.611. The molecular formula is C18H26N2O3. The van der Waals surface area contributed by atoms with E-state index in [0.717, 1.165) is 49.2 Å². The summed E-state index contributed by atoms with van der Waals surface area (Å²) >= 11 is 0. The summed E-state index contributed by atoms with van der Waals surface area (Å²) in [4.78, 5) is 12.4. The Hall–Kier alpha value is -1.75. The molecule has 1 aliphatic heterocycles. The summed E-state index contributed by atoms with van der Waals surface area (Å²) in [5, 5.41) is 3.05. The van der Waals surface area contributed by atoms with E-state index in [1.165, 1.54) is 0 Å². The number of amides is 1. The van der Waals surface area contributed by atoms with Crippen molar-refractivity contribution in [2.24, 2.45) is 11.7 Å². The maximum Gasteiger partial charge on any atom is 0.224 e. The van der Waals surface area contributed by atoms with Crippen LogP contribution >= 0.6 is 0 Å². The van der Waals surface area contributed by atoms with Crippen LogP contribution in [0.3, 0.4) is 0 Å². The van der Waals surface area contributed by atoms with E-state index >= 15 is 0 Å². The molecule has 0 saturated heterocycles. The van der Waals surface area contributed by atoms with E-state index in [4.69, 9.17) is 15.2 Å². The second kappa shape index (κ2) is 6.79. The molecule has 1 fully saturated rings. The second-order valence-electron chi connectivity index (χ2n) is 6.82. The number of ether oxygens (including phenoxy) is 2. The molecule has 1 aromatic carbocycles. The van der Waals surface area contributed by atoms with E-state index in [1.54, 1.807) is 0 Å². The van der Waals surface area contributed by atoms with Crippen LogP contribution in [0.4, 0.5) is 0 Å². The Morgan fingerprint density at radius 1 is 1.30 bits per heavy atom. The van der Waals surface area contributed by atoms with Crippen LogP contribution < -0.4 is 20.5 Å². The summed E-state index contributed by atoms with van der Waals surface area (Å²) in [6.07, 6.45) is 4.80. The van der Waals surface area contributed by atoms with Gasteiger partial charge in [0.15, 0.2) is 11.5 Å². The van der Waals surface area contributed by atoms with E-state index in [2.05, 4.69) is 5.32 Å². The molecule has 0 spiro atoms. The van der Waals surface area contributed by atoms with Gasteiger partial charge in [-0.25, -0.2) is 0 Å². The molecule has 1 aliphatic carbocycles. The number of rotatable bonds is 4. The molecular weight excluding hydrogens is 292 g/mol. The van der Waals surface area contributed by atoms with Crippen molar-refractivity contribution in [3.8, 4) is 11.5 Å². The summed E-state index contributed by atoms with van der Waals surface area (Å²) in [6.45, 7) is 3.80. The first-order valence-electron chi connectivity index (χ1n) is 8.51. The van der Waals surface area contributed by atoms with Gasteiger partial charge in [0.25, 0.3) is 0 Å². The zero-order valence-electron chi connectivity index (χ0n) is 13.8. The number of hydrogen-bond acceptors (Lipinski definition) is 4. The summed E-state index contributed by atoms with van der Waals surface area (Å²) in [7, 11) is 0. The van der Waals surface area contributed by atoms with Crippen molar-refractivity contribution in [1.29, 1.82) is 0 Å². The molecule has 23 heavy (non-hydrogen) atoms. The van der Waals surface area contributed by atoms with Gasteiger partial charge in [-0.15, -0.1) is 0 Å². The van der Waals surface area contributed by atoms with Crippen molar-refractivity contribution in [3.63, 3.8) is 0 Å². The average molecular weight is 318 g/mol. The molecule has 3 N–H and O–H groups in total. The molecule has 0 aromatic heterocycles. The molecule has 1 saturated carbocycles. The quantitative estimate of drug-likeness (QED) is 0.891. The first kappa shape index (κ1) is 16.1. The number of benzene rings is 1. The lowest BCUT2D eigenvalue weighted by Crippen LogP contribution is -2.53. The van der Waals surface area contributed by atoms with Crippen molar-refractivity contribution in [2.45, 2.75) is 44.6 Å². The van der Waals surface area contributed by atoms with Gasteiger partial charge in [-0.05, 0) is 43.9 Å². The Morgan fingerprint density at radius 3 is 2.87 bits per heavy atom. The zero-order chi connectivity index (χ0) is 16.3. The molecule has 1 aromatic rings. The fourth-order valence-corrected chi connectivity index (χ4v) is 3.49. The number of nitrogens with one attached hydrogen (secondary N) is 1. The molecule has 0 radical (unpaired) electrons. The predicted molar refractivity (Wildman–Crippen MR) is 88.7 cm³/mol.